The molecule has 1 aromatic carbocycles. The first-order valence-corrected chi connectivity index (χ1v) is 6.63. The molecule has 0 spiro atoms. The number of hydrogen-bond acceptors (Lipinski definition) is 3. The van der Waals surface area contributed by atoms with Gasteiger partial charge in [-0.25, -0.2) is 4.98 Å². The second kappa shape index (κ2) is 5.14. The van der Waals surface area contributed by atoms with Crippen LogP contribution < -0.4 is 4.74 Å². The molecule has 0 atom stereocenters. The summed E-state index contributed by atoms with van der Waals surface area (Å²) >= 11 is 3.39. The van der Waals surface area contributed by atoms with Gasteiger partial charge in [0.25, 0.3) is 0 Å². The van der Waals surface area contributed by atoms with Crippen molar-refractivity contribution in [1.29, 1.82) is 0 Å². The van der Waals surface area contributed by atoms with Crippen LogP contribution in [0, 0.1) is 6.92 Å². The first-order chi connectivity index (χ1) is 8.52. The molecule has 2 rings (SSSR count). The smallest absolute Gasteiger partial charge is 0.197 e. The van der Waals surface area contributed by atoms with Crippen LogP contribution in [0.4, 0.5) is 0 Å². The van der Waals surface area contributed by atoms with Gasteiger partial charge in [-0.3, -0.25) is 0 Å². The van der Waals surface area contributed by atoms with Gasteiger partial charge in [-0.2, -0.15) is 0 Å². The van der Waals surface area contributed by atoms with E-state index in [1.807, 2.05) is 13.0 Å². The van der Waals surface area contributed by atoms with Crippen LogP contribution in [0.15, 0.2) is 27.3 Å². The minimum absolute atomic E-state index is 0.460. The fraction of sp³-hybridized carbons (Fsp3) is 0.357. The normalized spacial score (nSPS) is 11.0. The van der Waals surface area contributed by atoms with E-state index in [1.54, 1.807) is 7.11 Å². The average Bonchev–Trinajstić information content (AvgIpc) is 2.67. The van der Waals surface area contributed by atoms with Gasteiger partial charge >= 0.3 is 0 Å². The van der Waals surface area contributed by atoms with Crippen molar-refractivity contribution in [2.45, 2.75) is 26.7 Å². The zero-order valence-corrected chi connectivity index (χ0v) is 12.5. The number of halogens is 1. The second-order valence-corrected chi connectivity index (χ2v) is 5.19. The van der Waals surface area contributed by atoms with E-state index in [0.717, 1.165) is 17.0 Å². The summed E-state index contributed by atoms with van der Waals surface area (Å²) in [5, 5.41) is 0. The molecule has 0 bridgehead atoms. The van der Waals surface area contributed by atoms with Crippen LogP contribution in [0.2, 0.25) is 0 Å². The molecule has 0 saturated carbocycles. The summed E-state index contributed by atoms with van der Waals surface area (Å²) in [7, 11) is 1.66. The molecule has 0 N–H and O–H groups in total. The topological polar surface area (TPSA) is 35.3 Å². The molecule has 0 unspecified atom stereocenters. The predicted octanol–water partition coefficient (Wildman–Crippen LogP) is 4.54. The summed E-state index contributed by atoms with van der Waals surface area (Å²) in [6, 6.07) is 6.15. The van der Waals surface area contributed by atoms with Crippen LogP contribution in [-0.2, 0) is 0 Å². The zero-order chi connectivity index (χ0) is 13.3. The summed E-state index contributed by atoms with van der Waals surface area (Å²) in [6.45, 7) is 6.15. The SMILES string of the molecule is COc1ccc(C(C)C)cc1-c1nc(C)oc1Br. The van der Waals surface area contributed by atoms with E-state index in [1.165, 1.54) is 5.56 Å². The van der Waals surface area contributed by atoms with E-state index >= 15 is 0 Å². The Hall–Kier alpha value is -1.29. The molecule has 0 radical (unpaired) electrons. The van der Waals surface area contributed by atoms with Crippen LogP contribution in [0.5, 0.6) is 5.75 Å². The van der Waals surface area contributed by atoms with Crippen molar-refractivity contribution < 1.29 is 9.15 Å². The number of rotatable bonds is 3. The molecule has 1 aromatic heterocycles. The Balaban J connectivity index is 2.60. The summed E-state index contributed by atoms with van der Waals surface area (Å²) in [6.07, 6.45) is 0. The van der Waals surface area contributed by atoms with Crippen molar-refractivity contribution in [2.75, 3.05) is 7.11 Å². The first kappa shape index (κ1) is 13.1. The monoisotopic (exact) mass is 309 g/mol. The maximum atomic E-state index is 5.42. The lowest BCUT2D eigenvalue weighted by Crippen LogP contribution is -1.93. The second-order valence-electron chi connectivity index (χ2n) is 4.47. The maximum absolute atomic E-state index is 5.42. The highest BCUT2D eigenvalue weighted by Crippen LogP contribution is 2.36. The van der Waals surface area contributed by atoms with Crippen molar-refractivity contribution in [3.05, 3.63) is 34.3 Å². The van der Waals surface area contributed by atoms with E-state index in [2.05, 4.69) is 46.9 Å². The number of nitrogens with zero attached hydrogens (tertiary/aromatic N) is 1. The fourth-order valence-electron chi connectivity index (χ4n) is 1.84. The lowest BCUT2D eigenvalue weighted by molar-refractivity contribution is 0.416. The molecule has 4 heteroatoms. The van der Waals surface area contributed by atoms with Crippen molar-refractivity contribution in [2.24, 2.45) is 0 Å². The molecular formula is C14H16BrNO2. The third-order valence-corrected chi connectivity index (χ3v) is 3.38. The maximum Gasteiger partial charge on any atom is 0.197 e. The van der Waals surface area contributed by atoms with Gasteiger partial charge in [0.05, 0.1) is 7.11 Å². The molecule has 0 fully saturated rings. The molecule has 0 saturated heterocycles. The molecule has 0 aliphatic carbocycles. The largest absolute Gasteiger partial charge is 0.496 e. The van der Waals surface area contributed by atoms with E-state index in [-0.39, 0.29) is 0 Å². The van der Waals surface area contributed by atoms with Crippen LogP contribution in [-0.4, -0.2) is 12.1 Å². The summed E-state index contributed by atoms with van der Waals surface area (Å²) in [4.78, 5) is 4.40. The van der Waals surface area contributed by atoms with Crippen molar-refractivity contribution in [3.8, 4) is 17.0 Å². The highest BCUT2D eigenvalue weighted by atomic mass is 79.9. The number of aryl methyl sites for hydroxylation is 1. The quantitative estimate of drug-likeness (QED) is 0.834. The van der Waals surface area contributed by atoms with E-state index in [0.29, 0.717) is 16.5 Å². The number of benzene rings is 1. The molecule has 3 nitrogen and oxygen atoms in total. The molecule has 0 aliphatic rings. The summed E-state index contributed by atoms with van der Waals surface area (Å²) in [5.74, 6) is 1.89. The lowest BCUT2D eigenvalue weighted by Gasteiger charge is -2.11. The van der Waals surface area contributed by atoms with Crippen molar-refractivity contribution in [3.63, 3.8) is 0 Å². The molecule has 18 heavy (non-hydrogen) atoms. The molecule has 0 aliphatic heterocycles. The molecule has 2 aromatic rings. The van der Waals surface area contributed by atoms with E-state index in [4.69, 9.17) is 9.15 Å². The Kier molecular flexibility index (Phi) is 3.76. The van der Waals surface area contributed by atoms with Gasteiger partial charge in [-0.15, -0.1) is 0 Å². The first-order valence-electron chi connectivity index (χ1n) is 5.84. The third kappa shape index (κ3) is 2.43. The Morgan fingerprint density at radius 2 is 2.06 bits per heavy atom. The minimum Gasteiger partial charge on any atom is -0.496 e. The van der Waals surface area contributed by atoms with Gasteiger partial charge in [-0.1, -0.05) is 19.9 Å². The van der Waals surface area contributed by atoms with E-state index < -0.39 is 0 Å². The van der Waals surface area contributed by atoms with Crippen LogP contribution >= 0.6 is 15.9 Å². The number of methoxy groups -OCH3 is 1. The van der Waals surface area contributed by atoms with Gasteiger partial charge in [0.15, 0.2) is 10.6 Å². The minimum atomic E-state index is 0.460. The van der Waals surface area contributed by atoms with Crippen LogP contribution in [0.1, 0.15) is 31.2 Å². The van der Waals surface area contributed by atoms with Gasteiger partial charge in [0.1, 0.15) is 11.4 Å². The van der Waals surface area contributed by atoms with Gasteiger partial charge in [-0.05, 0) is 39.5 Å². The fourth-order valence-corrected chi connectivity index (χ4v) is 2.37. The molecular weight excluding hydrogens is 294 g/mol. The number of oxazole rings is 1. The van der Waals surface area contributed by atoms with Gasteiger partial charge in [0.2, 0.25) is 0 Å². The van der Waals surface area contributed by atoms with Crippen molar-refractivity contribution in [1.82, 2.24) is 4.98 Å². The van der Waals surface area contributed by atoms with Crippen LogP contribution in [0.25, 0.3) is 11.3 Å². The number of aromatic nitrogens is 1. The van der Waals surface area contributed by atoms with Crippen LogP contribution in [0.3, 0.4) is 0 Å². The van der Waals surface area contributed by atoms with Gasteiger partial charge in [0, 0.05) is 12.5 Å². The molecule has 96 valence electrons. The number of ether oxygens (including phenoxy) is 1. The highest BCUT2D eigenvalue weighted by Gasteiger charge is 2.16. The van der Waals surface area contributed by atoms with Gasteiger partial charge < -0.3 is 9.15 Å². The standard InChI is InChI=1S/C14H16BrNO2/c1-8(2)10-5-6-12(17-4)11(7-10)13-14(15)18-9(3)16-13/h5-8H,1-4H3. The lowest BCUT2D eigenvalue weighted by atomic mass is 9.99. The Morgan fingerprint density at radius 3 is 2.56 bits per heavy atom. The zero-order valence-electron chi connectivity index (χ0n) is 11.0. The summed E-state index contributed by atoms with van der Waals surface area (Å²) in [5.41, 5.74) is 2.98. The Morgan fingerprint density at radius 1 is 1.33 bits per heavy atom. The van der Waals surface area contributed by atoms with E-state index in [9.17, 15) is 0 Å². The number of hydrogen-bond donors (Lipinski definition) is 0. The molecule has 1 heterocycles. The average molecular weight is 310 g/mol. The predicted molar refractivity (Wildman–Crippen MR) is 75.0 cm³/mol. The highest BCUT2D eigenvalue weighted by molar-refractivity contribution is 9.10. The van der Waals surface area contributed by atoms with Crippen molar-refractivity contribution >= 4 is 15.9 Å². The summed E-state index contributed by atoms with van der Waals surface area (Å²) < 4.78 is 11.5. The molecule has 0 amide bonds. The Bertz CT molecular complexity index is 561. The third-order valence-electron chi connectivity index (χ3n) is 2.84. The Labute approximate surface area is 115 Å².